The third kappa shape index (κ3) is 5.71. The van der Waals surface area contributed by atoms with E-state index in [0.717, 1.165) is 39.1 Å². The highest BCUT2D eigenvalue weighted by molar-refractivity contribution is 7.87. The summed E-state index contributed by atoms with van der Waals surface area (Å²) in [5.74, 6) is 0.829. The lowest BCUT2D eigenvalue weighted by Gasteiger charge is -2.32. The molecule has 214 valence electrons. The number of aromatic nitrogens is 1. The van der Waals surface area contributed by atoms with Crippen molar-refractivity contribution in [2.75, 3.05) is 53.5 Å². The van der Waals surface area contributed by atoms with E-state index < -0.39 is 20.8 Å². The Balaban J connectivity index is 1.40. The van der Waals surface area contributed by atoms with Crippen LogP contribution in [-0.4, -0.2) is 87.1 Å². The second-order valence-electron chi connectivity index (χ2n) is 10.3. The summed E-state index contributed by atoms with van der Waals surface area (Å²) in [6, 6.07) is 9.44. The van der Waals surface area contributed by atoms with Crippen LogP contribution < -0.4 is 19.9 Å². The highest BCUT2D eigenvalue weighted by atomic mass is 32.2. The molecule has 1 saturated heterocycles. The van der Waals surface area contributed by atoms with E-state index in [-0.39, 0.29) is 29.7 Å². The molecule has 2 aliphatic rings. The van der Waals surface area contributed by atoms with Crippen LogP contribution in [0, 0.1) is 0 Å². The molecule has 1 saturated carbocycles. The minimum Gasteiger partial charge on any atom is -0.493 e. The first kappa shape index (κ1) is 28.1. The molecule has 2 heterocycles. The lowest BCUT2D eigenvalue weighted by molar-refractivity contribution is 0.1000. The maximum absolute atomic E-state index is 12.2. The summed E-state index contributed by atoms with van der Waals surface area (Å²) in [6.07, 6.45) is 2.90. The van der Waals surface area contributed by atoms with Gasteiger partial charge >= 0.3 is 0 Å². The number of methoxy groups -OCH3 is 1. The van der Waals surface area contributed by atoms with Crippen molar-refractivity contribution >= 4 is 26.9 Å². The van der Waals surface area contributed by atoms with Crippen LogP contribution in [0.15, 0.2) is 42.6 Å². The van der Waals surface area contributed by atoms with Crippen LogP contribution in [-0.2, 0) is 14.9 Å². The van der Waals surface area contributed by atoms with Gasteiger partial charge in [0, 0.05) is 61.5 Å². The van der Waals surface area contributed by atoms with E-state index in [1.165, 1.54) is 18.2 Å². The fourth-order valence-corrected chi connectivity index (χ4v) is 6.13. The van der Waals surface area contributed by atoms with Gasteiger partial charge in [-0.25, -0.2) is 0 Å². The van der Waals surface area contributed by atoms with Crippen LogP contribution in [0.3, 0.4) is 0 Å². The van der Waals surface area contributed by atoms with Crippen LogP contribution in [0.1, 0.15) is 35.2 Å². The summed E-state index contributed by atoms with van der Waals surface area (Å²) in [4.78, 5) is 21.1. The van der Waals surface area contributed by atoms with Crippen LogP contribution in [0.5, 0.6) is 23.0 Å². The van der Waals surface area contributed by atoms with Gasteiger partial charge < -0.3 is 29.7 Å². The van der Waals surface area contributed by atoms with Gasteiger partial charge in [0.05, 0.1) is 19.2 Å². The fraction of sp³-hybridized carbons (Fsp3) is 0.429. The number of pyridine rings is 1. The Morgan fingerprint density at radius 3 is 2.45 bits per heavy atom. The minimum absolute atomic E-state index is 0.113. The summed E-state index contributed by atoms with van der Waals surface area (Å²) in [5.41, 5.74) is 6.46. The molecule has 2 aromatic carbocycles. The molecule has 3 N–H and O–H groups in total. The van der Waals surface area contributed by atoms with Crippen molar-refractivity contribution in [2.24, 2.45) is 5.73 Å². The number of carbonyl (C=O) groups excluding carboxylic acids is 1. The fourth-order valence-electron chi connectivity index (χ4n) is 5.07. The van der Waals surface area contributed by atoms with Gasteiger partial charge in [-0.3, -0.25) is 14.3 Å². The van der Waals surface area contributed by atoms with E-state index in [2.05, 4.69) is 21.8 Å². The first-order valence-corrected chi connectivity index (χ1v) is 14.6. The van der Waals surface area contributed by atoms with E-state index in [1.54, 1.807) is 31.5 Å². The van der Waals surface area contributed by atoms with E-state index in [1.807, 2.05) is 0 Å². The molecule has 1 aliphatic heterocycles. The molecule has 3 aromatic rings. The molecular weight excluding hydrogens is 536 g/mol. The number of primary amides is 1. The predicted octanol–water partition coefficient (Wildman–Crippen LogP) is 3.03. The Hall–Kier alpha value is -3.45. The third-order valence-corrected chi connectivity index (χ3v) is 9.25. The summed E-state index contributed by atoms with van der Waals surface area (Å²) in [5, 5.41) is 0.594. The topological polar surface area (TPSA) is 145 Å². The Morgan fingerprint density at radius 1 is 1.05 bits per heavy atom. The number of nitrogens with two attached hydrogens (primary N) is 1. The van der Waals surface area contributed by atoms with Gasteiger partial charge in [0.25, 0.3) is 10.1 Å². The van der Waals surface area contributed by atoms with E-state index in [9.17, 15) is 17.8 Å². The number of hydrogen-bond acceptors (Lipinski definition) is 9. The molecule has 1 aromatic heterocycles. The van der Waals surface area contributed by atoms with Crippen molar-refractivity contribution < 1.29 is 32.0 Å². The summed E-state index contributed by atoms with van der Waals surface area (Å²) >= 11 is 0. The molecule has 1 aliphatic carbocycles. The highest BCUT2D eigenvalue weighted by Gasteiger charge is 2.57. The van der Waals surface area contributed by atoms with Crippen molar-refractivity contribution in [1.29, 1.82) is 0 Å². The molecule has 0 atom stereocenters. The van der Waals surface area contributed by atoms with E-state index in [4.69, 9.17) is 19.9 Å². The van der Waals surface area contributed by atoms with Crippen molar-refractivity contribution in [3.05, 3.63) is 53.7 Å². The second-order valence-corrected chi connectivity index (χ2v) is 12.1. The zero-order valence-corrected chi connectivity index (χ0v) is 23.4. The number of hydrogen-bond donors (Lipinski definition) is 2. The van der Waals surface area contributed by atoms with Crippen LogP contribution in [0.2, 0.25) is 0 Å². The molecule has 1 amide bonds. The lowest BCUT2D eigenvalue weighted by Crippen LogP contribution is -2.44. The van der Waals surface area contributed by atoms with Crippen LogP contribution >= 0.6 is 0 Å². The molecule has 11 nitrogen and oxygen atoms in total. The zero-order valence-electron chi connectivity index (χ0n) is 22.6. The molecule has 0 bridgehead atoms. The van der Waals surface area contributed by atoms with Crippen LogP contribution in [0.25, 0.3) is 10.9 Å². The molecule has 0 radical (unpaired) electrons. The Kier molecular flexibility index (Phi) is 7.87. The third-order valence-electron chi connectivity index (χ3n) is 7.63. The number of fused-ring (bicyclic) bond motifs is 1. The standard InChI is InChI=1S/C28H34N4O7S/c1-31-11-13-32(14-12-31)10-3-15-38-26-18-22-20(17-25(26)37-2)23(6-9-30-22)39-24-16-19(27(29)33)4-5-21(24)28(7-8-28)40(34,35)36/h4-6,9,16-18H,3,7-8,10-15H2,1-2H3,(H2,29,33)(H,34,35,36). The van der Waals surface area contributed by atoms with Gasteiger partial charge in [-0.1, -0.05) is 6.07 Å². The first-order chi connectivity index (χ1) is 19.1. The normalized spacial score (nSPS) is 17.5. The molecular formula is C28H34N4O7S. The van der Waals surface area contributed by atoms with Crippen molar-refractivity contribution in [1.82, 2.24) is 14.8 Å². The zero-order chi connectivity index (χ0) is 28.5. The maximum atomic E-state index is 12.2. The molecule has 12 heteroatoms. The quantitative estimate of drug-likeness (QED) is 0.261. The number of ether oxygens (including phenoxy) is 3. The van der Waals surface area contributed by atoms with E-state index >= 15 is 0 Å². The van der Waals surface area contributed by atoms with Gasteiger partial charge in [-0.15, -0.1) is 0 Å². The Morgan fingerprint density at radius 2 is 1.80 bits per heavy atom. The number of amides is 1. The SMILES string of the molecule is COc1cc2c(Oc3cc(C(N)=O)ccc3C3(S(=O)(=O)O)CC3)ccnc2cc1OCCCN1CCN(C)CC1. The van der Waals surface area contributed by atoms with Crippen molar-refractivity contribution in [2.45, 2.75) is 24.0 Å². The van der Waals surface area contributed by atoms with Gasteiger partial charge in [-0.05, 0) is 50.6 Å². The number of likely N-dealkylation sites (N-methyl/N-ethyl adjacent to an activating group) is 1. The average Bonchev–Trinajstić information content (AvgIpc) is 3.74. The lowest BCUT2D eigenvalue weighted by atomic mass is 10.1. The number of nitrogens with zero attached hydrogens (tertiary/aromatic N) is 3. The van der Waals surface area contributed by atoms with Gasteiger partial charge in [0.2, 0.25) is 5.91 Å². The summed E-state index contributed by atoms with van der Waals surface area (Å²) in [6.45, 7) is 5.72. The van der Waals surface area contributed by atoms with Crippen molar-refractivity contribution in [3.8, 4) is 23.0 Å². The van der Waals surface area contributed by atoms with Gasteiger partial charge in [0.1, 0.15) is 16.2 Å². The van der Waals surface area contributed by atoms with Crippen molar-refractivity contribution in [3.63, 3.8) is 0 Å². The predicted molar refractivity (Wildman–Crippen MR) is 150 cm³/mol. The Labute approximate surface area is 233 Å². The molecule has 40 heavy (non-hydrogen) atoms. The van der Waals surface area contributed by atoms with Gasteiger partial charge in [0.15, 0.2) is 11.5 Å². The average molecular weight is 571 g/mol. The first-order valence-electron chi connectivity index (χ1n) is 13.2. The molecule has 0 unspecified atom stereocenters. The molecule has 2 fully saturated rings. The van der Waals surface area contributed by atoms with Crippen LogP contribution in [0.4, 0.5) is 0 Å². The molecule has 5 rings (SSSR count). The number of benzene rings is 2. The smallest absolute Gasteiger partial charge is 0.275 e. The summed E-state index contributed by atoms with van der Waals surface area (Å²) in [7, 11) is -0.738. The highest BCUT2D eigenvalue weighted by Crippen LogP contribution is 2.55. The second kappa shape index (κ2) is 11.2. The van der Waals surface area contributed by atoms with E-state index in [0.29, 0.717) is 34.8 Å². The minimum atomic E-state index is -4.42. The maximum Gasteiger partial charge on any atom is 0.275 e. The monoisotopic (exact) mass is 570 g/mol. The summed E-state index contributed by atoms with van der Waals surface area (Å²) < 4.78 is 50.9. The number of piperazine rings is 1. The van der Waals surface area contributed by atoms with Gasteiger partial charge in [-0.2, -0.15) is 8.42 Å². The largest absolute Gasteiger partial charge is 0.493 e. The molecule has 0 spiro atoms. The Bertz CT molecular complexity index is 1520. The number of carbonyl (C=O) groups is 1. The number of rotatable bonds is 11.